The lowest BCUT2D eigenvalue weighted by Crippen LogP contribution is -2.29. The van der Waals surface area contributed by atoms with Gasteiger partial charge in [0, 0.05) is 22.7 Å². The number of nitrogens with one attached hydrogen (secondary N) is 1. The Balaban J connectivity index is 1.77. The van der Waals surface area contributed by atoms with Crippen molar-refractivity contribution in [2.24, 2.45) is 5.84 Å². The molecule has 2 aromatic heterocycles. The normalized spacial score (nSPS) is 12.5. The van der Waals surface area contributed by atoms with Gasteiger partial charge in [-0.05, 0) is 6.92 Å². The van der Waals surface area contributed by atoms with E-state index in [1.807, 2.05) is 30.5 Å². The third kappa shape index (κ3) is 3.36. The lowest BCUT2D eigenvalue weighted by atomic mass is 10.1. The maximum absolute atomic E-state index is 5.67. The molecule has 2 heterocycles. The molecular weight excluding hydrogens is 300 g/mol. The highest BCUT2D eigenvalue weighted by molar-refractivity contribution is 7.10. The van der Waals surface area contributed by atoms with Gasteiger partial charge in [0.05, 0.1) is 27.4 Å². The third-order valence-corrected chi connectivity index (χ3v) is 4.86. The van der Waals surface area contributed by atoms with Crippen LogP contribution in [0.3, 0.4) is 0 Å². The number of rotatable bonds is 5. The van der Waals surface area contributed by atoms with Crippen LogP contribution in [0.15, 0.2) is 41.1 Å². The summed E-state index contributed by atoms with van der Waals surface area (Å²) in [6.45, 7) is 2.00. The fraction of sp³-hybridized carbons (Fsp3) is 0.200. The maximum Gasteiger partial charge on any atom is 0.0952 e. The van der Waals surface area contributed by atoms with Gasteiger partial charge in [0.25, 0.3) is 0 Å². The summed E-state index contributed by atoms with van der Waals surface area (Å²) in [5.41, 5.74) is 5.98. The first-order valence-electron chi connectivity index (χ1n) is 6.64. The van der Waals surface area contributed by atoms with Crippen molar-refractivity contribution in [2.45, 2.75) is 19.4 Å². The Morgan fingerprint density at radius 2 is 1.95 bits per heavy atom. The van der Waals surface area contributed by atoms with Crippen LogP contribution in [0, 0.1) is 6.92 Å². The van der Waals surface area contributed by atoms with E-state index in [1.165, 1.54) is 0 Å². The van der Waals surface area contributed by atoms with E-state index in [0.29, 0.717) is 0 Å². The molecule has 0 saturated carbocycles. The minimum Gasteiger partial charge on any atom is -0.271 e. The highest BCUT2D eigenvalue weighted by Crippen LogP contribution is 2.25. The van der Waals surface area contributed by atoms with Gasteiger partial charge in [0.1, 0.15) is 0 Å². The number of thiazole rings is 2. The van der Waals surface area contributed by atoms with Gasteiger partial charge in [0.15, 0.2) is 0 Å². The molecule has 0 radical (unpaired) electrons. The average Bonchev–Trinajstić information content (AvgIpc) is 3.15. The molecule has 3 aromatic rings. The van der Waals surface area contributed by atoms with Crippen LogP contribution in [0.5, 0.6) is 0 Å². The standard InChI is InChI=1S/C15H16N4S2/c1-10-17-14(9-20-10)12(19-16)7-15-18-13(8-21-15)11-5-3-2-4-6-11/h2-6,8-9,12,19H,7,16H2,1H3. The smallest absolute Gasteiger partial charge is 0.0952 e. The molecule has 3 rings (SSSR count). The lowest BCUT2D eigenvalue weighted by molar-refractivity contribution is 0.539. The van der Waals surface area contributed by atoms with E-state index in [2.05, 4.69) is 27.9 Å². The van der Waals surface area contributed by atoms with Crippen LogP contribution in [0.2, 0.25) is 0 Å². The average molecular weight is 316 g/mol. The molecule has 6 heteroatoms. The molecule has 3 N–H and O–H groups in total. The first-order valence-corrected chi connectivity index (χ1v) is 8.40. The molecule has 0 spiro atoms. The fourth-order valence-corrected chi connectivity index (χ4v) is 3.63. The number of aromatic nitrogens is 2. The number of hydrogen-bond acceptors (Lipinski definition) is 6. The van der Waals surface area contributed by atoms with E-state index in [0.717, 1.165) is 33.4 Å². The molecule has 108 valence electrons. The minimum absolute atomic E-state index is 0.00437. The number of hydrazine groups is 1. The summed E-state index contributed by atoms with van der Waals surface area (Å²) >= 11 is 3.30. The van der Waals surface area contributed by atoms with Gasteiger partial charge >= 0.3 is 0 Å². The van der Waals surface area contributed by atoms with E-state index in [4.69, 9.17) is 10.8 Å². The first-order chi connectivity index (χ1) is 10.3. The predicted octanol–water partition coefficient (Wildman–Crippen LogP) is 3.32. The summed E-state index contributed by atoms with van der Waals surface area (Å²) < 4.78 is 0. The molecule has 0 aliphatic heterocycles. The molecule has 1 unspecified atom stereocenters. The Hall–Kier alpha value is -1.60. The number of nitrogens with zero attached hydrogens (tertiary/aromatic N) is 2. The van der Waals surface area contributed by atoms with Crippen LogP contribution >= 0.6 is 22.7 Å². The second-order valence-electron chi connectivity index (χ2n) is 4.71. The van der Waals surface area contributed by atoms with Crippen molar-refractivity contribution < 1.29 is 0 Å². The summed E-state index contributed by atoms with van der Waals surface area (Å²) in [4.78, 5) is 9.19. The molecule has 0 amide bonds. The molecule has 21 heavy (non-hydrogen) atoms. The molecule has 0 saturated heterocycles. The molecule has 0 bridgehead atoms. The molecule has 4 nitrogen and oxygen atoms in total. The largest absolute Gasteiger partial charge is 0.271 e. The molecule has 1 aromatic carbocycles. The Kier molecular flexibility index (Phi) is 4.40. The minimum atomic E-state index is 0.00437. The Bertz CT molecular complexity index is 705. The zero-order chi connectivity index (χ0) is 14.7. The van der Waals surface area contributed by atoms with Gasteiger partial charge in [0.2, 0.25) is 0 Å². The summed E-state index contributed by atoms with van der Waals surface area (Å²) in [5.74, 6) is 5.67. The second kappa shape index (κ2) is 6.44. The van der Waals surface area contributed by atoms with E-state index in [9.17, 15) is 0 Å². The SMILES string of the molecule is Cc1nc(C(Cc2nc(-c3ccccc3)cs2)NN)cs1. The number of benzene rings is 1. The number of aryl methyl sites for hydroxylation is 1. The van der Waals surface area contributed by atoms with Gasteiger partial charge in [-0.3, -0.25) is 11.3 Å². The monoisotopic (exact) mass is 316 g/mol. The Labute approximate surface area is 131 Å². The lowest BCUT2D eigenvalue weighted by Gasteiger charge is -2.11. The Morgan fingerprint density at radius 3 is 2.62 bits per heavy atom. The number of hydrogen-bond donors (Lipinski definition) is 2. The van der Waals surface area contributed by atoms with Crippen LogP contribution in [0.4, 0.5) is 0 Å². The molecular formula is C15H16N4S2. The zero-order valence-corrected chi connectivity index (χ0v) is 13.2. The summed E-state index contributed by atoms with van der Waals surface area (Å²) in [6, 6.07) is 10.2. The van der Waals surface area contributed by atoms with Crippen LogP contribution < -0.4 is 11.3 Å². The maximum atomic E-state index is 5.67. The van der Waals surface area contributed by atoms with Crippen molar-refractivity contribution >= 4 is 22.7 Å². The molecule has 0 aliphatic rings. The Morgan fingerprint density at radius 1 is 1.14 bits per heavy atom. The van der Waals surface area contributed by atoms with Gasteiger partial charge in [-0.1, -0.05) is 30.3 Å². The van der Waals surface area contributed by atoms with Gasteiger partial charge < -0.3 is 0 Å². The van der Waals surface area contributed by atoms with E-state index >= 15 is 0 Å². The highest BCUT2D eigenvalue weighted by atomic mass is 32.1. The van der Waals surface area contributed by atoms with E-state index in [-0.39, 0.29) is 6.04 Å². The van der Waals surface area contributed by atoms with Crippen molar-refractivity contribution in [3.05, 3.63) is 56.8 Å². The van der Waals surface area contributed by atoms with Gasteiger partial charge in [-0.15, -0.1) is 22.7 Å². The summed E-state index contributed by atoms with van der Waals surface area (Å²) in [6.07, 6.45) is 0.747. The van der Waals surface area contributed by atoms with E-state index in [1.54, 1.807) is 22.7 Å². The van der Waals surface area contributed by atoms with Crippen molar-refractivity contribution in [3.63, 3.8) is 0 Å². The summed E-state index contributed by atoms with van der Waals surface area (Å²) in [7, 11) is 0. The van der Waals surface area contributed by atoms with Crippen molar-refractivity contribution in [1.29, 1.82) is 0 Å². The number of nitrogens with two attached hydrogens (primary N) is 1. The summed E-state index contributed by atoms with van der Waals surface area (Å²) in [5, 5.41) is 6.24. The van der Waals surface area contributed by atoms with Crippen molar-refractivity contribution in [2.75, 3.05) is 0 Å². The topological polar surface area (TPSA) is 63.8 Å². The van der Waals surface area contributed by atoms with Gasteiger partial charge in [-0.2, -0.15) is 0 Å². The molecule has 1 atom stereocenters. The fourth-order valence-electron chi connectivity index (χ4n) is 2.11. The molecule has 0 fully saturated rings. The van der Waals surface area contributed by atoms with Crippen molar-refractivity contribution in [3.8, 4) is 11.3 Å². The van der Waals surface area contributed by atoms with Crippen LogP contribution in [-0.2, 0) is 6.42 Å². The zero-order valence-electron chi connectivity index (χ0n) is 11.6. The predicted molar refractivity (Wildman–Crippen MR) is 88.2 cm³/mol. The van der Waals surface area contributed by atoms with E-state index < -0.39 is 0 Å². The second-order valence-corrected chi connectivity index (χ2v) is 6.71. The van der Waals surface area contributed by atoms with Crippen LogP contribution in [-0.4, -0.2) is 9.97 Å². The van der Waals surface area contributed by atoms with Crippen molar-refractivity contribution in [1.82, 2.24) is 15.4 Å². The molecule has 0 aliphatic carbocycles. The van der Waals surface area contributed by atoms with Crippen LogP contribution in [0.1, 0.15) is 21.8 Å². The highest BCUT2D eigenvalue weighted by Gasteiger charge is 2.16. The third-order valence-electron chi connectivity index (χ3n) is 3.20. The quantitative estimate of drug-likeness (QED) is 0.560. The van der Waals surface area contributed by atoms with Gasteiger partial charge in [-0.25, -0.2) is 9.97 Å². The first kappa shape index (κ1) is 14.3. The van der Waals surface area contributed by atoms with Crippen LogP contribution in [0.25, 0.3) is 11.3 Å².